The molecule has 2 atom stereocenters. The van der Waals surface area contributed by atoms with Gasteiger partial charge in [0.05, 0.1) is 6.10 Å². The summed E-state index contributed by atoms with van der Waals surface area (Å²) in [5, 5.41) is 18.6. The molecule has 0 aromatic heterocycles. The number of aliphatic hydroxyl groups excluding tert-OH is 1. The fourth-order valence-electron chi connectivity index (χ4n) is 2.40. The third-order valence-corrected chi connectivity index (χ3v) is 4.53. The van der Waals surface area contributed by atoms with Gasteiger partial charge in [-0.1, -0.05) is 18.2 Å². The highest BCUT2D eigenvalue weighted by molar-refractivity contribution is 7.99. The van der Waals surface area contributed by atoms with E-state index in [0.29, 0.717) is 12.8 Å². The van der Waals surface area contributed by atoms with Crippen LogP contribution < -0.4 is 0 Å². The van der Waals surface area contributed by atoms with Crippen LogP contribution >= 0.6 is 11.8 Å². The van der Waals surface area contributed by atoms with Crippen LogP contribution in [0.15, 0.2) is 35.2 Å². The summed E-state index contributed by atoms with van der Waals surface area (Å²) in [6.07, 6.45) is 0.404. The SMILES string of the molecule is O=C(O)[C@@H]1C[C@@H](O)CN1C(=O)CCCSc1ccccc1. The van der Waals surface area contributed by atoms with Gasteiger partial charge in [0.2, 0.25) is 5.91 Å². The van der Waals surface area contributed by atoms with Crippen LogP contribution in [0.25, 0.3) is 0 Å². The fourth-order valence-corrected chi connectivity index (χ4v) is 3.27. The number of hydrogen-bond donors (Lipinski definition) is 2. The maximum atomic E-state index is 12.1. The standard InChI is InChI=1S/C15H19NO4S/c17-11-9-13(15(19)20)16(10-11)14(18)7-4-8-21-12-5-2-1-3-6-12/h1-3,5-6,11,13,17H,4,7-10H2,(H,19,20)/t11-,13+/m1/s1. The number of carbonyl (C=O) groups is 2. The first-order valence-corrected chi connectivity index (χ1v) is 7.94. The topological polar surface area (TPSA) is 77.8 Å². The van der Waals surface area contributed by atoms with Gasteiger partial charge in [0.1, 0.15) is 6.04 Å². The Balaban J connectivity index is 1.75. The Hall–Kier alpha value is -1.53. The molecule has 1 aliphatic rings. The largest absolute Gasteiger partial charge is 0.480 e. The Morgan fingerprint density at radius 1 is 1.29 bits per heavy atom. The van der Waals surface area contributed by atoms with Crippen LogP contribution in [-0.4, -0.2) is 51.4 Å². The molecule has 1 aromatic carbocycles. The highest BCUT2D eigenvalue weighted by Crippen LogP contribution is 2.22. The summed E-state index contributed by atoms with van der Waals surface area (Å²) in [5.41, 5.74) is 0. The summed E-state index contributed by atoms with van der Waals surface area (Å²) in [6.45, 7) is 0.127. The zero-order chi connectivity index (χ0) is 15.2. The number of rotatable bonds is 6. The molecule has 0 aliphatic carbocycles. The van der Waals surface area contributed by atoms with E-state index >= 15 is 0 Å². The first kappa shape index (κ1) is 15.9. The number of aliphatic carboxylic acids is 1. The summed E-state index contributed by atoms with van der Waals surface area (Å²) in [6, 6.07) is 9.05. The summed E-state index contributed by atoms with van der Waals surface area (Å²) in [7, 11) is 0. The van der Waals surface area contributed by atoms with Gasteiger partial charge in [-0.15, -0.1) is 11.8 Å². The van der Waals surface area contributed by atoms with E-state index in [2.05, 4.69) is 0 Å². The second-order valence-corrected chi connectivity index (χ2v) is 6.22. The average molecular weight is 309 g/mol. The van der Waals surface area contributed by atoms with Gasteiger partial charge < -0.3 is 15.1 Å². The van der Waals surface area contributed by atoms with Crippen molar-refractivity contribution in [3.8, 4) is 0 Å². The summed E-state index contributed by atoms with van der Waals surface area (Å²) in [5.74, 6) is -0.421. The van der Waals surface area contributed by atoms with Gasteiger partial charge >= 0.3 is 5.97 Å². The molecule has 1 aromatic rings. The normalized spacial score (nSPS) is 21.5. The number of aliphatic hydroxyl groups is 1. The van der Waals surface area contributed by atoms with E-state index in [1.165, 1.54) is 4.90 Å². The second kappa shape index (κ2) is 7.47. The number of benzene rings is 1. The predicted molar refractivity (Wildman–Crippen MR) is 80.2 cm³/mol. The van der Waals surface area contributed by atoms with Gasteiger partial charge in [0, 0.05) is 24.3 Å². The van der Waals surface area contributed by atoms with Crippen molar-refractivity contribution in [3.05, 3.63) is 30.3 Å². The summed E-state index contributed by atoms with van der Waals surface area (Å²) in [4.78, 5) is 25.6. The van der Waals surface area contributed by atoms with E-state index in [1.54, 1.807) is 11.8 Å². The van der Waals surface area contributed by atoms with E-state index in [9.17, 15) is 14.7 Å². The number of likely N-dealkylation sites (tertiary alicyclic amines) is 1. The average Bonchev–Trinajstić information content (AvgIpc) is 2.87. The van der Waals surface area contributed by atoms with Crippen LogP contribution in [0.1, 0.15) is 19.3 Å². The maximum Gasteiger partial charge on any atom is 0.326 e. The lowest BCUT2D eigenvalue weighted by atomic mass is 10.2. The van der Waals surface area contributed by atoms with Crippen LogP contribution in [-0.2, 0) is 9.59 Å². The number of amides is 1. The van der Waals surface area contributed by atoms with Gasteiger partial charge in [0.25, 0.3) is 0 Å². The zero-order valence-corrected chi connectivity index (χ0v) is 12.5. The Bertz CT molecular complexity index is 494. The Labute approximate surface area is 128 Å². The van der Waals surface area contributed by atoms with E-state index in [1.807, 2.05) is 30.3 Å². The fraction of sp³-hybridized carbons (Fsp3) is 0.467. The van der Waals surface area contributed by atoms with Crippen molar-refractivity contribution in [2.24, 2.45) is 0 Å². The third-order valence-electron chi connectivity index (χ3n) is 3.43. The van der Waals surface area contributed by atoms with E-state index in [0.717, 1.165) is 10.6 Å². The molecule has 1 amide bonds. The number of nitrogens with zero attached hydrogens (tertiary/aromatic N) is 1. The molecule has 114 valence electrons. The van der Waals surface area contributed by atoms with Crippen molar-refractivity contribution < 1.29 is 19.8 Å². The molecule has 0 unspecified atom stereocenters. The molecule has 1 aliphatic heterocycles. The van der Waals surface area contributed by atoms with Gasteiger partial charge in [-0.3, -0.25) is 4.79 Å². The first-order valence-electron chi connectivity index (χ1n) is 6.96. The minimum absolute atomic E-state index is 0.125. The lowest BCUT2D eigenvalue weighted by molar-refractivity contribution is -0.148. The van der Waals surface area contributed by atoms with Crippen molar-refractivity contribution in [2.45, 2.75) is 36.3 Å². The molecular weight excluding hydrogens is 290 g/mol. The van der Waals surface area contributed by atoms with E-state index < -0.39 is 18.1 Å². The maximum absolute atomic E-state index is 12.1. The molecule has 1 saturated heterocycles. The Morgan fingerprint density at radius 3 is 2.67 bits per heavy atom. The summed E-state index contributed by atoms with van der Waals surface area (Å²) >= 11 is 1.68. The van der Waals surface area contributed by atoms with Gasteiger partial charge in [-0.25, -0.2) is 4.79 Å². The number of thioether (sulfide) groups is 1. The number of β-amino-alcohol motifs (C(OH)–C–C–N with tert-alkyl or cyclic N) is 1. The molecule has 1 fully saturated rings. The van der Waals surface area contributed by atoms with Crippen molar-refractivity contribution in [1.29, 1.82) is 0 Å². The molecular formula is C15H19NO4S. The van der Waals surface area contributed by atoms with Crippen LogP contribution in [0.3, 0.4) is 0 Å². The van der Waals surface area contributed by atoms with Crippen LogP contribution in [0.2, 0.25) is 0 Å². The predicted octanol–water partition coefficient (Wildman–Crippen LogP) is 1.61. The molecule has 0 saturated carbocycles. The number of carbonyl (C=O) groups excluding carboxylic acids is 1. The highest BCUT2D eigenvalue weighted by Gasteiger charge is 2.38. The molecule has 0 bridgehead atoms. The second-order valence-electron chi connectivity index (χ2n) is 5.05. The van der Waals surface area contributed by atoms with Crippen LogP contribution in [0, 0.1) is 0 Å². The number of carboxylic acids is 1. The molecule has 6 heteroatoms. The third kappa shape index (κ3) is 4.47. The van der Waals surface area contributed by atoms with Crippen molar-refractivity contribution in [2.75, 3.05) is 12.3 Å². The molecule has 21 heavy (non-hydrogen) atoms. The Morgan fingerprint density at radius 2 is 2.00 bits per heavy atom. The van der Waals surface area contributed by atoms with Crippen molar-refractivity contribution in [3.63, 3.8) is 0 Å². The quantitative estimate of drug-likeness (QED) is 0.616. The monoisotopic (exact) mass is 309 g/mol. The van der Waals surface area contributed by atoms with Crippen molar-refractivity contribution >= 4 is 23.6 Å². The first-order chi connectivity index (χ1) is 10.1. The molecule has 0 spiro atoms. The van der Waals surface area contributed by atoms with Crippen LogP contribution in [0.5, 0.6) is 0 Å². The lowest BCUT2D eigenvalue weighted by Crippen LogP contribution is -2.40. The van der Waals surface area contributed by atoms with Crippen molar-refractivity contribution in [1.82, 2.24) is 4.90 Å². The Kier molecular flexibility index (Phi) is 5.64. The van der Waals surface area contributed by atoms with Gasteiger partial charge in [-0.05, 0) is 24.3 Å². The summed E-state index contributed by atoms with van der Waals surface area (Å²) < 4.78 is 0. The van der Waals surface area contributed by atoms with Gasteiger partial charge in [-0.2, -0.15) is 0 Å². The molecule has 2 rings (SSSR count). The lowest BCUT2D eigenvalue weighted by Gasteiger charge is -2.21. The zero-order valence-electron chi connectivity index (χ0n) is 11.6. The molecule has 2 N–H and O–H groups in total. The minimum Gasteiger partial charge on any atom is -0.480 e. The number of carboxylic acid groups (broad SMARTS) is 1. The van der Waals surface area contributed by atoms with Gasteiger partial charge in [0.15, 0.2) is 0 Å². The number of hydrogen-bond acceptors (Lipinski definition) is 4. The molecule has 1 heterocycles. The van der Waals surface area contributed by atoms with E-state index in [4.69, 9.17) is 5.11 Å². The van der Waals surface area contributed by atoms with E-state index in [-0.39, 0.29) is 18.9 Å². The smallest absolute Gasteiger partial charge is 0.326 e. The molecule has 5 nitrogen and oxygen atoms in total. The van der Waals surface area contributed by atoms with Crippen LogP contribution in [0.4, 0.5) is 0 Å². The molecule has 0 radical (unpaired) electrons. The minimum atomic E-state index is -1.04. The highest BCUT2D eigenvalue weighted by atomic mass is 32.2.